The molecule has 1 N–H and O–H groups in total. The van der Waals surface area contributed by atoms with E-state index in [-0.39, 0.29) is 5.91 Å². The van der Waals surface area contributed by atoms with E-state index in [1.807, 2.05) is 0 Å². The lowest BCUT2D eigenvalue weighted by Gasteiger charge is -2.19. The SMILES string of the molecule is Cc1ccc(CCC(=O)NC2CCCC2CBr)cc1. The maximum absolute atomic E-state index is 12.0. The molecule has 1 aromatic rings. The Morgan fingerprint density at radius 3 is 2.74 bits per heavy atom. The Balaban J connectivity index is 1.77. The molecule has 2 rings (SSSR count). The van der Waals surface area contributed by atoms with Crippen molar-refractivity contribution in [3.05, 3.63) is 35.4 Å². The third-order valence-corrected chi connectivity index (χ3v) is 4.80. The van der Waals surface area contributed by atoms with Gasteiger partial charge in [0.15, 0.2) is 0 Å². The zero-order chi connectivity index (χ0) is 13.7. The molecule has 1 fully saturated rings. The molecule has 1 aliphatic carbocycles. The number of aryl methyl sites for hydroxylation is 2. The first kappa shape index (κ1) is 14.6. The molecule has 0 bridgehead atoms. The van der Waals surface area contributed by atoms with Crippen LogP contribution < -0.4 is 5.32 Å². The zero-order valence-electron chi connectivity index (χ0n) is 11.5. The van der Waals surface area contributed by atoms with Crippen molar-refractivity contribution in [1.29, 1.82) is 0 Å². The Bertz CT molecular complexity index is 415. The van der Waals surface area contributed by atoms with E-state index in [0.717, 1.165) is 18.2 Å². The Labute approximate surface area is 124 Å². The maximum Gasteiger partial charge on any atom is 0.220 e. The fourth-order valence-electron chi connectivity index (χ4n) is 2.70. The highest BCUT2D eigenvalue weighted by molar-refractivity contribution is 9.09. The summed E-state index contributed by atoms with van der Waals surface area (Å²) in [6.45, 7) is 2.08. The number of amides is 1. The van der Waals surface area contributed by atoms with Crippen LogP contribution in [0.5, 0.6) is 0 Å². The number of carbonyl (C=O) groups is 1. The normalized spacial score (nSPS) is 22.4. The van der Waals surface area contributed by atoms with Crippen LogP contribution in [-0.2, 0) is 11.2 Å². The largest absolute Gasteiger partial charge is 0.353 e. The second-order valence-corrected chi connectivity index (χ2v) is 6.15. The molecule has 0 aromatic heterocycles. The van der Waals surface area contributed by atoms with E-state index in [0.29, 0.717) is 18.4 Å². The number of benzene rings is 1. The summed E-state index contributed by atoms with van der Waals surface area (Å²) >= 11 is 3.54. The van der Waals surface area contributed by atoms with Gasteiger partial charge in [0.05, 0.1) is 0 Å². The van der Waals surface area contributed by atoms with Crippen LogP contribution in [0.15, 0.2) is 24.3 Å². The van der Waals surface area contributed by atoms with E-state index in [2.05, 4.69) is 52.4 Å². The van der Waals surface area contributed by atoms with Gasteiger partial charge in [0.1, 0.15) is 0 Å². The van der Waals surface area contributed by atoms with Crippen LogP contribution in [0.1, 0.15) is 36.8 Å². The summed E-state index contributed by atoms with van der Waals surface area (Å²) in [6.07, 6.45) is 5.02. The molecule has 3 heteroatoms. The average molecular weight is 324 g/mol. The summed E-state index contributed by atoms with van der Waals surface area (Å²) in [4.78, 5) is 12.0. The Kier molecular flexibility index (Phi) is 5.44. The molecule has 0 saturated heterocycles. The van der Waals surface area contributed by atoms with Gasteiger partial charge < -0.3 is 5.32 Å². The molecular formula is C16H22BrNO. The molecule has 104 valence electrons. The van der Waals surface area contributed by atoms with Crippen LogP contribution in [0.2, 0.25) is 0 Å². The highest BCUT2D eigenvalue weighted by atomic mass is 79.9. The van der Waals surface area contributed by atoms with Crippen molar-refractivity contribution in [1.82, 2.24) is 5.32 Å². The Hall–Kier alpha value is -0.830. The monoisotopic (exact) mass is 323 g/mol. The second-order valence-electron chi connectivity index (χ2n) is 5.50. The van der Waals surface area contributed by atoms with Crippen LogP contribution in [0.4, 0.5) is 0 Å². The van der Waals surface area contributed by atoms with Crippen LogP contribution >= 0.6 is 15.9 Å². The van der Waals surface area contributed by atoms with Gasteiger partial charge in [0, 0.05) is 17.8 Å². The van der Waals surface area contributed by atoms with E-state index < -0.39 is 0 Å². The van der Waals surface area contributed by atoms with Gasteiger partial charge in [0.25, 0.3) is 0 Å². The molecule has 0 radical (unpaired) electrons. The predicted octanol–water partition coefficient (Wildman–Crippen LogP) is 3.61. The number of alkyl halides is 1. The number of hydrogen-bond donors (Lipinski definition) is 1. The molecule has 2 unspecified atom stereocenters. The van der Waals surface area contributed by atoms with Crippen molar-refractivity contribution in [3.63, 3.8) is 0 Å². The third kappa shape index (κ3) is 4.34. The molecule has 0 heterocycles. The van der Waals surface area contributed by atoms with Gasteiger partial charge in [-0.05, 0) is 37.7 Å². The lowest BCUT2D eigenvalue weighted by atomic mass is 10.0. The van der Waals surface area contributed by atoms with Crippen molar-refractivity contribution in [3.8, 4) is 0 Å². The first-order valence-electron chi connectivity index (χ1n) is 7.10. The Morgan fingerprint density at radius 1 is 1.32 bits per heavy atom. The maximum atomic E-state index is 12.0. The van der Waals surface area contributed by atoms with Crippen molar-refractivity contribution in [2.24, 2.45) is 5.92 Å². The summed E-state index contributed by atoms with van der Waals surface area (Å²) in [6, 6.07) is 8.81. The van der Waals surface area contributed by atoms with Gasteiger partial charge in [-0.15, -0.1) is 0 Å². The molecule has 2 atom stereocenters. The molecule has 0 aliphatic heterocycles. The molecular weight excluding hydrogens is 302 g/mol. The topological polar surface area (TPSA) is 29.1 Å². The lowest BCUT2D eigenvalue weighted by Crippen LogP contribution is -2.37. The summed E-state index contributed by atoms with van der Waals surface area (Å²) in [5.41, 5.74) is 2.50. The summed E-state index contributed by atoms with van der Waals surface area (Å²) in [5, 5.41) is 4.19. The summed E-state index contributed by atoms with van der Waals surface area (Å²) < 4.78 is 0. The highest BCUT2D eigenvalue weighted by Crippen LogP contribution is 2.27. The van der Waals surface area contributed by atoms with E-state index in [4.69, 9.17) is 0 Å². The minimum atomic E-state index is 0.193. The smallest absolute Gasteiger partial charge is 0.220 e. The molecule has 2 nitrogen and oxygen atoms in total. The molecule has 1 saturated carbocycles. The standard InChI is InChI=1S/C16H22BrNO/c1-12-5-7-13(8-6-12)9-10-16(19)18-15-4-2-3-14(15)11-17/h5-8,14-15H,2-4,9-11H2,1H3,(H,18,19). The lowest BCUT2D eigenvalue weighted by molar-refractivity contribution is -0.121. The average Bonchev–Trinajstić information content (AvgIpc) is 2.85. The van der Waals surface area contributed by atoms with E-state index in [1.54, 1.807) is 0 Å². The second kappa shape index (κ2) is 7.09. The van der Waals surface area contributed by atoms with E-state index >= 15 is 0 Å². The summed E-state index contributed by atoms with van der Waals surface area (Å²) in [7, 11) is 0. The van der Waals surface area contributed by atoms with Crippen LogP contribution in [0.25, 0.3) is 0 Å². The fourth-order valence-corrected chi connectivity index (χ4v) is 3.48. The van der Waals surface area contributed by atoms with Crippen molar-refractivity contribution < 1.29 is 4.79 Å². The minimum absolute atomic E-state index is 0.193. The molecule has 19 heavy (non-hydrogen) atoms. The van der Waals surface area contributed by atoms with Crippen LogP contribution in [0, 0.1) is 12.8 Å². The number of hydrogen-bond acceptors (Lipinski definition) is 1. The number of halogens is 1. The van der Waals surface area contributed by atoms with Crippen molar-refractivity contribution in [2.75, 3.05) is 5.33 Å². The number of carbonyl (C=O) groups excluding carboxylic acids is 1. The zero-order valence-corrected chi connectivity index (χ0v) is 13.1. The van der Waals surface area contributed by atoms with Crippen LogP contribution in [0.3, 0.4) is 0 Å². The van der Waals surface area contributed by atoms with Gasteiger partial charge in [0.2, 0.25) is 5.91 Å². The summed E-state index contributed by atoms with van der Waals surface area (Å²) in [5.74, 6) is 0.807. The fraction of sp³-hybridized carbons (Fsp3) is 0.562. The van der Waals surface area contributed by atoms with Gasteiger partial charge in [-0.2, -0.15) is 0 Å². The molecule has 1 aliphatic rings. The van der Waals surface area contributed by atoms with Gasteiger partial charge in [-0.25, -0.2) is 0 Å². The molecule has 1 amide bonds. The minimum Gasteiger partial charge on any atom is -0.353 e. The first-order valence-corrected chi connectivity index (χ1v) is 8.22. The molecule has 1 aromatic carbocycles. The van der Waals surface area contributed by atoms with Gasteiger partial charge >= 0.3 is 0 Å². The van der Waals surface area contributed by atoms with Crippen molar-refractivity contribution in [2.45, 2.75) is 45.1 Å². The van der Waals surface area contributed by atoms with Gasteiger partial charge in [-0.3, -0.25) is 4.79 Å². The van der Waals surface area contributed by atoms with Crippen LogP contribution in [-0.4, -0.2) is 17.3 Å². The quantitative estimate of drug-likeness (QED) is 0.824. The van der Waals surface area contributed by atoms with E-state index in [9.17, 15) is 4.79 Å². The predicted molar refractivity (Wildman–Crippen MR) is 82.6 cm³/mol. The number of nitrogens with one attached hydrogen (secondary N) is 1. The Morgan fingerprint density at radius 2 is 2.05 bits per heavy atom. The first-order chi connectivity index (χ1) is 9.19. The van der Waals surface area contributed by atoms with E-state index in [1.165, 1.54) is 24.0 Å². The van der Waals surface area contributed by atoms with Gasteiger partial charge in [-0.1, -0.05) is 52.2 Å². The van der Waals surface area contributed by atoms with Crippen molar-refractivity contribution >= 4 is 21.8 Å². The molecule has 0 spiro atoms. The number of rotatable bonds is 5. The third-order valence-electron chi connectivity index (χ3n) is 3.96. The highest BCUT2D eigenvalue weighted by Gasteiger charge is 2.27.